The minimum Gasteiger partial charge on any atom is -0.322 e. The summed E-state index contributed by atoms with van der Waals surface area (Å²) in [6, 6.07) is 8.89. The molecule has 94 valence electrons. The van der Waals surface area contributed by atoms with Crippen LogP contribution in [0.15, 0.2) is 24.3 Å². The molecule has 5 nitrogen and oxygen atoms in total. The van der Waals surface area contributed by atoms with Gasteiger partial charge in [-0.15, -0.1) is 0 Å². The third-order valence-electron chi connectivity index (χ3n) is 3.03. The summed E-state index contributed by atoms with van der Waals surface area (Å²) in [6.45, 7) is 3.26. The second-order valence-corrected chi connectivity index (χ2v) is 4.41. The van der Waals surface area contributed by atoms with Crippen LogP contribution in [0.3, 0.4) is 0 Å². The molecule has 1 heterocycles. The van der Waals surface area contributed by atoms with Gasteiger partial charge in [-0.2, -0.15) is 5.26 Å². The molecule has 1 aliphatic rings. The Morgan fingerprint density at radius 1 is 1.33 bits per heavy atom. The minimum atomic E-state index is -0.0989. The highest BCUT2D eigenvalue weighted by Crippen LogP contribution is 2.11. The topological polar surface area (TPSA) is 59.4 Å². The van der Waals surface area contributed by atoms with Crippen molar-refractivity contribution in [2.24, 2.45) is 0 Å². The van der Waals surface area contributed by atoms with Crippen LogP contribution in [-0.4, -0.2) is 49.1 Å². The van der Waals surface area contributed by atoms with Crippen LogP contribution in [0, 0.1) is 11.3 Å². The molecule has 1 N–H and O–H groups in total. The number of nitrogens with zero attached hydrogens (tertiary/aromatic N) is 3. The molecule has 0 spiro atoms. The van der Waals surface area contributed by atoms with E-state index in [9.17, 15) is 4.79 Å². The number of carbonyl (C=O) groups is 1. The van der Waals surface area contributed by atoms with E-state index in [1.807, 2.05) is 7.05 Å². The van der Waals surface area contributed by atoms with E-state index in [1.54, 1.807) is 29.2 Å². The number of hydrogen-bond acceptors (Lipinski definition) is 3. The zero-order chi connectivity index (χ0) is 13.0. The third-order valence-corrected chi connectivity index (χ3v) is 3.03. The van der Waals surface area contributed by atoms with Crippen molar-refractivity contribution < 1.29 is 4.79 Å². The molecule has 1 aliphatic heterocycles. The number of anilines is 1. The van der Waals surface area contributed by atoms with Crippen molar-refractivity contribution in [3.8, 4) is 6.07 Å². The highest BCUT2D eigenvalue weighted by Gasteiger charge is 2.18. The molecule has 0 bridgehead atoms. The molecule has 5 heteroatoms. The molecule has 1 saturated heterocycles. The van der Waals surface area contributed by atoms with E-state index in [2.05, 4.69) is 16.3 Å². The van der Waals surface area contributed by atoms with E-state index in [4.69, 9.17) is 5.26 Å². The Balaban J connectivity index is 1.96. The SMILES string of the molecule is CN1CCN(C(=O)Nc2cccc(C#N)c2)CC1. The molecule has 2 amide bonds. The number of benzene rings is 1. The Bertz CT molecular complexity index is 472. The minimum absolute atomic E-state index is 0.0989. The number of amides is 2. The summed E-state index contributed by atoms with van der Waals surface area (Å²) >= 11 is 0. The van der Waals surface area contributed by atoms with E-state index in [0.717, 1.165) is 26.2 Å². The number of nitriles is 1. The van der Waals surface area contributed by atoms with Gasteiger partial charge in [-0.3, -0.25) is 0 Å². The molecular weight excluding hydrogens is 228 g/mol. The average molecular weight is 244 g/mol. The van der Waals surface area contributed by atoms with Gasteiger partial charge in [0.05, 0.1) is 11.6 Å². The Labute approximate surface area is 107 Å². The van der Waals surface area contributed by atoms with Gasteiger partial charge in [0.1, 0.15) is 0 Å². The lowest BCUT2D eigenvalue weighted by Gasteiger charge is -2.32. The largest absolute Gasteiger partial charge is 0.322 e. The van der Waals surface area contributed by atoms with Gasteiger partial charge in [-0.1, -0.05) is 6.07 Å². The highest BCUT2D eigenvalue weighted by atomic mass is 16.2. The summed E-state index contributed by atoms with van der Waals surface area (Å²) in [7, 11) is 2.05. The maximum atomic E-state index is 12.0. The number of hydrogen-bond donors (Lipinski definition) is 1. The van der Waals surface area contributed by atoms with Crippen LogP contribution in [0.2, 0.25) is 0 Å². The molecule has 18 heavy (non-hydrogen) atoms. The first kappa shape index (κ1) is 12.4. The standard InChI is InChI=1S/C13H16N4O/c1-16-5-7-17(8-6-16)13(18)15-12-4-2-3-11(9-12)10-14/h2-4,9H,5-8H2,1H3,(H,15,18). The Morgan fingerprint density at radius 3 is 2.72 bits per heavy atom. The van der Waals surface area contributed by atoms with E-state index in [-0.39, 0.29) is 6.03 Å². The first-order chi connectivity index (χ1) is 8.69. The van der Waals surface area contributed by atoms with Crippen LogP contribution in [0.1, 0.15) is 5.56 Å². The monoisotopic (exact) mass is 244 g/mol. The predicted molar refractivity (Wildman–Crippen MR) is 69.2 cm³/mol. The number of likely N-dealkylation sites (N-methyl/N-ethyl adjacent to an activating group) is 1. The zero-order valence-electron chi connectivity index (χ0n) is 10.4. The fraction of sp³-hybridized carbons (Fsp3) is 0.385. The summed E-state index contributed by atoms with van der Waals surface area (Å²) in [5.74, 6) is 0. The third kappa shape index (κ3) is 2.99. The van der Waals surface area contributed by atoms with Gasteiger partial charge in [0.2, 0.25) is 0 Å². The van der Waals surface area contributed by atoms with Crippen LogP contribution >= 0.6 is 0 Å². The fourth-order valence-electron chi connectivity index (χ4n) is 1.88. The summed E-state index contributed by atoms with van der Waals surface area (Å²) < 4.78 is 0. The van der Waals surface area contributed by atoms with Gasteiger partial charge in [-0.05, 0) is 25.2 Å². The molecule has 0 atom stereocenters. The summed E-state index contributed by atoms with van der Waals surface area (Å²) in [4.78, 5) is 16.0. The molecule has 0 radical (unpaired) electrons. The maximum absolute atomic E-state index is 12.0. The molecule has 1 fully saturated rings. The lowest BCUT2D eigenvalue weighted by Crippen LogP contribution is -2.48. The zero-order valence-corrected chi connectivity index (χ0v) is 10.4. The molecule has 0 saturated carbocycles. The number of urea groups is 1. The Kier molecular flexibility index (Phi) is 3.80. The number of rotatable bonds is 1. The van der Waals surface area contributed by atoms with Gasteiger partial charge in [0.25, 0.3) is 0 Å². The van der Waals surface area contributed by atoms with Crippen molar-refractivity contribution in [3.63, 3.8) is 0 Å². The molecule has 0 aliphatic carbocycles. The van der Waals surface area contributed by atoms with Gasteiger partial charge >= 0.3 is 6.03 Å². The van der Waals surface area contributed by atoms with Crippen LogP contribution < -0.4 is 5.32 Å². The van der Waals surface area contributed by atoms with Gasteiger partial charge in [-0.25, -0.2) is 4.79 Å². The number of piperazine rings is 1. The first-order valence-electron chi connectivity index (χ1n) is 5.93. The van der Waals surface area contributed by atoms with Crippen molar-refractivity contribution in [2.45, 2.75) is 0 Å². The fourth-order valence-corrected chi connectivity index (χ4v) is 1.88. The Morgan fingerprint density at radius 2 is 2.06 bits per heavy atom. The second kappa shape index (κ2) is 5.52. The Hall–Kier alpha value is -2.06. The lowest BCUT2D eigenvalue weighted by atomic mass is 10.2. The lowest BCUT2D eigenvalue weighted by molar-refractivity contribution is 0.164. The van der Waals surface area contributed by atoms with E-state index in [1.165, 1.54) is 0 Å². The second-order valence-electron chi connectivity index (χ2n) is 4.41. The van der Waals surface area contributed by atoms with E-state index >= 15 is 0 Å². The predicted octanol–water partition coefficient (Wildman–Crippen LogP) is 1.34. The van der Waals surface area contributed by atoms with Crippen LogP contribution in [0.5, 0.6) is 0 Å². The average Bonchev–Trinajstić information content (AvgIpc) is 2.39. The van der Waals surface area contributed by atoms with Crippen molar-refractivity contribution in [2.75, 3.05) is 38.5 Å². The van der Waals surface area contributed by atoms with Crippen LogP contribution in [0.25, 0.3) is 0 Å². The van der Waals surface area contributed by atoms with E-state index < -0.39 is 0 Å². The van der Waals surface area contributed by atoms with E-state index in [0.29, 0.717) is 11.3 Å². The quantitative estimate of drug-likeness (QED) is 0.811. The molecule has 2 rings (SSSR count). The van der Waals surface area contributed by atoms with Gasteiger partial charge < -0.3 is 15.1 Å². The van der Waals surface area contributed by atoms with Crippen molar-refractivity contribution in [1.29, 1.82) is 5.26 Å². The summed E-state index contributed by atoms with van der Waals surface area (Å²) in [5.41, 5.74) is 1.21. The molecule has 1 aromatic carbocycles. The number of nitrogens with one attached hydrogen (secondary N) is 1. The summed E-state index contributed by atoms with van der Waals surface area (Å²) in [6.07, 6.45) is 0. The van der Waals surface area contributed by atoms with Crippen molar-refractivity contribution >= 4 is 11.7 Å². The molecule has 1 aromatic rings. The first-order valence-corrected chi connectivity index (χ1v) is 5.93. The molecular formula is C13H16N4O. The maximum Gasteiger partial charge on any atom is 0.321 e. The summed E-state index contributed by atoms with van der Waals surface area (Å²) in [5, 5.41) is 11.6. The molecule has 0 unspecified atom stereocenters. The normalized spacial score (nSPS) is 16.1. The highest BCUT2D eigenvalue weighted by molar-refractivity contribution is 5.89. The number of carbonyl (C=O) groups excluding carboxylic acids is 1. The van der Waals surface area contributed by atoms with Gasteiger partial charge in [0, 0.05) is 31.9 Å². The van der Waals surface area contributed by atoms with Crippen LogP contribution in [-0.2, 0) is 0 Å². The van der Waals surface area contributed by atoms with Crippen molar-refractivity contribution in [1.82, 2.24) is 9.80 Å². The van der Waals surface area contributed by atoms with Crippen molar-refractivity contribution in [3.05, 3.63) is 29.8 Å². The van der Waals surface area contributed by atoms with Crippen LogP contribution in [0.4, 0.5) is 10.5 Å². The molecule has 0 aromatic heterocycles. The van der Waals surface area contributed by atoms with Gasteiger partial charge in [0.15, 0.2) is 0 Å². The smallest absolute Gasteiger partial charge is 0.321 e.